The molecule has 9 heteroatoms. The molecule has 0 unspecified atom stereocenters. The van der Waals surface area contributed by atoms with E-state index in [0.717, 1.165) is 4.47 Å². The minimum Gasteiger partial charge on any atom is -0.481 e. The fraction of sp³-hybridized carbons (Fsp3) is 0.133. The zero-order chi connectivity index (χ0) is 17.7. The lowest BCUT2D eigenvalue weighted by Crippen LogP contribution is -2.34. The molecule has 24 heavy (non-hydrogen) atoms. The number of carbonyl (C=O) groups is 1. The van der Waals surface area contributed by atoms with Crippen LogP contribution in [0.25, 0.3) is 0 Å². The van der Waals surface area contributed by atoms with Crippen LogP contribution in [0.4, 0.5) is 5.82 Å². The summed E-state index contributed by atoms with van der Waals surface area (Å²) in [5, 5.41) is 16.1. The molecule has 1 aromatic heterocycles. The van der Waals surface area contributed by atoms with Gasteiger partial charge in [-0.05, 0) is 58.0 Å². The van der Waals surface area contributed by atoms with Gasteiger partial charge in [-0.1, -0.05) is 29.3 Å². The molecule has 0 aliphatic rings. The smallest absolute Gasteiger partial charge is 0.305 e. The van der Waals surface area contributed by atoms with Crippen molar-refractivity contribution in [1.29, 1.82) is 0 Å². The summed E-state index contributed by atoms with van der Waals surface area (Å²) in [4.78, 5) is 15.3. The normalized spacial score (nSPS) is 11.6. The summed E-state index contributed by atoms with van der Waals surface area (Å²) in [6, 6.07) is 7.81. The van der Waals surface area contributed by atoms with Gasteiger partial charge in [0, 0.05) is 20.7 Å². The summed E-state index contributed by atoms with van der Waals surface area (Å²) >= 11 is 20.6. The summed E-state index contributed by atoms with van der Waals surface area (Å²) in [6.07, 6.45) is 1.42. The van der Waals surface area contributed by atoms with Crippen molar-refractivity contribution < 1.29 is 9.90 Å². The molecule has 0 aliphatic heterocycles. The van der Waals surface area contributed by atoms with Gasteiger partial charge in [-0.25, -0.2) is 4.98 Å². The Balaban J connectivity index is 2.14. The maximum absolute atomic E-state index is 11.1. The number of nitrogens with one attached hydrogen (secondary N) is 2. The summed E-state index contributed by atoms with van der Waals surface area (Å²) in [5.41, 5.74) is 0.594. The minimum absolute atomic E-state index is 0.197. The third-order valence-corrected chi connectivity index (χ3v) is 4.24. The van der Waals surface area contributed by atoms with Crippen LogP contribution in [-0.2, 0) is 4.79 Å². The van der Waals surface area contributed by atoms with Gasteiger partial charge in [-0.3, -0.25) is 4.79 Å². The van der Waals surface area contributed by atoms with Gasteiger partial charge in [0.25, 0.3) is 0 Å². The second-order valence-corrected chi connectivity index (χ2v) is 6.94. The van der Waals surface area contributed by atoms with Crippen molar-refractivity contribution in [3.63, 3.8) is 0 Å². The molecule has 2 aromatic rings. The van der Waals surface area contributed by atoms with Crippen LogP contribution in [0.2, 0.25) is 10.0 Å². The van der Waals surface area contributed by atoms with Crippen LogP contribution in [0.3, 0.4) is 0 Å². The number of aromatic nitrogens is 1. The maximum atomic E-state index is 11.1. The molecule has 0 amide bonds. The van der Waals surface area contributed by atoms with Gasteiger partial charge in [-0.15, -0.1) is 0 Å². The Morgan fingerprint density at radius 3 is 2.67 bits per heavy atom. The summed E-state index contributed by atoms with van der Waals surface area (Å²) < 4.78 is 0.837. The average molecular weight is 449 g/mol. The van der Waals surface area contributed by atoms with Crippen molar-refractivity contribution in [1.82, 2.24) is 10.3 Å². The highest BCUT2D eigenvalue weighted by Crippen LogP contribution is 2.28. The number of hydrogen-bond acceptors (Lipinski definition) is 3. The number of benzene rings is 1. The monoisotopic (exact) mass is 447 g/mol. The van der Waals surface area contributed by atoms with Crippen LogP contribution in [0, 0.1) is 0 Å². The number of hydrogen-bond donors (Lipinski definition) is 3. The number of aliphatic carboxylic acids is 1. The van der Waals surface area contributed by atoms with Crippen LogP contribution in [0.15, 0.2) is 41.0 Å². The third-order valence-electron chi connectivity index (χ3n) is 2.99. The van der Waals surface area contributed by atoms with E-state index in [4.69, 9.17) is 40.5 Å². The first-order valence-electron chi connectivity index (χ1n) is 6.71. The predicted octanol–water partition coefficient (Wildman–Crippen LogP) is 4.65. The number of carboxylic acids is 1. The van der Waals surface area contributed by atoms with Gasteiger partial charge in [-0.2, -0.15) is 0 Å². The van der Waals surface area contributed by atoms with Crippen molar-refractivity contribution in [2.75, 3.05) is 5.32 Å². The molecule has 1 heterocycles. The number of pyridine rings is 1. The number of rotatable bonds is 5. The van der Waals surface area contributed by atoms with E-state index in [2.05, 4.69) is 31.5 Å². The molecule has 2 rings (SSSR count). The van der Waals surface area contributed by atoms with Crippen LogP contribution in [-0.4, -0.2) is 21.2 Å². The van der Waals surface area contributed by atoms with Gasteiger partial charge < -0.3 is 15.7 Å². The SMILES string of the molecule is O=C(O)C[C@H](NC(=S)Nc1ccc(Br)cn1)c1ccc(Cl)cc1Cl. The van der Waals surface area contributed by atoms with E-state index in [0.29, 0.717) is 21.4 Å². The molecule has 126 valence electrons. The Kier molecular flexibility index (Phi) is 6.79. The molecule has 0 bridgehead atoms. The zero-order valence-corrected chi connectivity index (χ0v) is 16.0. The zero-order valence-electron chi connectivity index (χ0n) is 12.1. The lowest BCUT2D eigenvalue weighted by atomic mass is 10.0. The first kappa shape index (κ1) is 18.9. The maximum Gasteiger partial charge on any atom is 0.305 e. The number of thiocarbonyl (C=S) groups is 1. The lowest BCUT2D eigenvalue weighted by Gasteiger charge is -2.21. The van der Waals surface area contributed by atoms with Gasteiger partial charge in [0.2, 0.25) is 0 Å². The fourth-order valence-electron chi connectivity index (χ4n) is 1.96. The highest BCUT2D eigenvalue weighted by Gasteiger charge is 2.19. The van der Waals surface area contributed by atoms with Crippen molar-refractivity contribution in [3.8, 4) is 0 Å². The second-order valence-electron chi connectivity index (χ2n) is 4.78. The molecule has 0 saturated heterocycles. The van der Waals surface area contributed by atoms with E-state index in [1.54, 1.807) is 30.5 Å². The second kappa shape index (κ2) is 8.62. The highest BCUT2D eigenvalue weighted by molar-refractivity contribution is 9.10. The van der Waals surface area contributed by atoms with Gasteiger partial charge in [0.15, 0.2) is 5.11 Å². The molecular formula is C15H12BrCl2N3O2S. The van der Waals surface area contributed by atoms with Crippen molar-refractivity contribution in [2.24, 2.45) is 0 Å². The Morgan fingerprint density at radius 2 is 2.08 bits per heavy atom. The van der Waals surface area contributed by atoms with E-state index < -0.39 is 12.0 Å². The molecule has 5 nitrogen and oxygen atoms in total. The molecule has 0 radical (unpaired) electrons. The van der Waals surface area contributed by atoms with E-state index in [9.17, 15) is 4.79 Å². The summed E-state index contributed by atoms with van der Waals surface area (Å²) in [5.74, 6) is -0.449. The quantitative estimate of drug-likeness (QED) is 0.578. The molecule has 1 aromatic carbocycles. The van der Waals surface area contributed by atoms with Crippen molar-refractivity contribution >= 4 is 68.2 Å². The molecule has 3 N–H and O–H groups in total. The number of nitrogens with zero attached hydrogens (tertiary/aromatic N) is 1. The predicted molar refractivity (Wildman–Crippen MR) is 103 cm³/mol. The summed E-state index contributed by atoms with van der Waals surface area (Å²) in [7, 11) is 0. The average Bonchev–Trinajstić information content (AvgIpc) is 2.48. The Hall–Kier alpha value is -1.41. The molecule has 0 spiro atoms. The third kappa shape index (κ3) is 5.59. The molecule has 0 aliphatic carbocycles. The summed E-state index contributed by atoms with van der Waals surface area (Å²) in [6.45, 7) is 0. The van der Waals surface area contributed by atoms with Crippen LogP contribution < -0.4 is 10.6 Å². The Bertz CT molecular complexity index is 759. The Labute approximate surface area is 162 Å². The van der Waals surface area contributed by atoms with E-state index >= 15 is 0 Å². The van der Waals surface area contributed by atoms with Crippen LogP contribution >= 0.6 is 51.3 Å². The van der Waals surface area contributed by atoms with Gasteiger partial charge in [0.1, 0.15) is 5.82 Å². The molecular weight excluding hydrogens is 437 g/mol. The van der Waals surface area contributed by atoms with E-state index in [1.807, 2.05) is 6.07 Å². The van der Waals surface area contributed by atoms with Gasteiger partial charge >= 0.3 is 5.97 Å². The standard InChI is InChI=1S/C15H12BrCl2N3O2S/c16-8-1-4-13(19-7-8)21-15(24)20-12(6-14(22)23)10-3-2-9(17)5-11(10)18/h1-5,7,12H,6H2,(H,22,23)(H2,19,20,21,24)/t12-/m0/s1. The lowest BCUT2D eigenvalue weighted by molar-refractivity contribution is -0.137. The van der Waals surface area contributed by atoms with E-state index in [1.165, 1.54) is 0 Å². The van der Waals surface area contributed by atoms with Crippen molar-refractivity contribution in [2.45, 2.75) is 12.5 Å². The van der Waals surface area contributed by atoms with Crippen molar-refractivity contribution in [3.05, 3.63) is 56.6 Å². The topological polar surface area (TPSA) is 74.2 Å². The first-order valence-corrected chi connectivity index (χ1v) is 8.66. The number of anilines is 1. The van der Waals surface area contributed by atoms with E-state index in [-0.39, 0.29) is 11.5 Å². The minimum atomic E-state index is -0.983. The molecule has 1 atom stereocenters. The highest BCUT2D eigenvalue weighted by atomic mass is 79.9. The number of carboxylic acid groups (broad SMARTS) is 1. The van der Waals surface area contributed by atoms with Crippen LogP contribution in [0.1, 0.15) is 18.0 Å². The Morgan fingerprint density at radius 1 is 1.33 bits per heavy atom. The largest absolute Gasteiger partial charge is 0.481 e. The fourth-order valence-corrected chi connectivity index (χ4v) is 2.98. The number of halogens is 3. The first-order chi connectivity index (χ1) is 11.3. The molecule has 0 fully saturated rings. The van der Waals surface area contributed by atoms with Gasteiger partial charge in [0.05, 0.1) is 12.5 Å². The molecule has 0 saturated carbocycles. The van der Waals surface area contributed by atoms with Crippen LogP contribution in [0.5, 0.6) is 0 Å².